The highest BCUT2D eigenvalue weighted by molar-refractivity contribution is 6.30. The zero-order valence-electron chi connectivity index (χ0n) is 12.0. The standard InChI is InChI=1S/C15H20ClNO4/c1-9(2)13(10-3-5-11(16)6-4-10)14(19)17-12(7-8-18)15(20)21/h3-6,9,12-13,18H,7-8H2,1-2H3,(H,17,19)(H,20,21)/t12-,13?/m1/s1. The van der Waals surface area contributed by atoms with Gasteiger partial charge >= 0.3 is 5.97 Å². The second-order valence-electron chi connectivity index (χ2n) is 5.18. The van der Waals surface area contributed by atoms with Gasteiger partial charge in [-0.3, -0.25) is 4.79 Å². The van der Waals surface area contributed by atoms with Crippen LogP contribution in [0.5, 0.6) is 0 Å². The van der Waals surface area contributed by atoms with Crippen molar-refractivity contribution in [1.82, 2.24) is 5.32 Å². The van der Waals surface area contributed by atoms with Crippen molar-refractivity contribution < 1.29 is 19.8 Å². The number of rotatable bonds is 7. The fraction of sp³-hybridized carbons (Fsp3) is 0.467. The summed E-state index contributed by atoms with van der Waals surface area (Å²) in [5.41, 5.74) is 0.778. The van der Waals surface area contributed by atoms with Crippen molar-refractivity contribution in [3.05, 3.63) is 34.9 Å². The molecule has 0 aliphatic rings. The lowest BCUT2D eigenvalue weighted by atomic mass is 9.87. The highest BCUT2D eigenvalue weighted by Gasteiger charge is 2.28. The summed E-state index contributed by atoms with van der Waals surface area (Å²) in [7, 11) is 0. The van der Waals surface area contributed by atoms with Gasteiger partial charge < -0.3 is 15.5 Å². The van der Waals surface area contributed by atoms with Gasteiger partial charge in [0.15, 0.2) is 0 Å². The van der Waals surface area contributed by atoms with Crippen molar-refractivity contribution in [2.24, 2.45) is 5.92 Å². The second kappa shape index (κ2) is 8.00. The second-order valence-corrected chi connectivity index (χ2v) is 5.62. The van der Waals surface area contributed by atoms with Gasteiger partial charge in [-0.25, -0.2) is 4.79 Å². The minimum absolute atomic E-state index is 0.00486. The van der Waals surface area contributed by atoms with Crippen LogP contribution in [-0.2, 0) is 9.59 Å². The van der Waals surface area contributed by atoms with Gasteiger partial charge in [-0.2, -0.15) is 0 Å². The third kappa shape index (κ3) is 5.02. The van der Waals surface area contributed by atoms with Gasteiger partial charge in [0.1, 0.15) is 6.04 Å². The summed E-state index contributed by atoms with van der Waals surface area (Å²) in [5, 5.41) is 21.0. The van der Waals surface area contributed by atoms with E-state index in [0.29, 0.717) is 5.02 Å². The Morgan fingerprint density at radius 1 is 1.24 bits per heavy atom. The fourth-order valence-corrected chi connectivity index (χ4v) is 2.28. The maximum absolute atomic E-state index is 12.4. The molecule has 1 rings (SSSR count). The molecule has 1 aromatic carbocycles. The molecule has 0 aliphatic carbocycles. The Bertz CT molecular complexity index is 487. The number of carbonyl (C=O) groups excluding carboxylic acids is 1. The number of carboxylic acid groups (broad SMARTS) is 1. The first-order chi connectivity index (χ1) is 9.86. The Labute approximate surface area is 128 Å². The summed E-state index contributed by atoms with van der Waals surface area (Å²) < 4.78 is 0. The molecule has 0 aliphatic heterocycles. The lowest BCUT2D eigenvalue weighted by molar-refractivity contribution is -0.142. The molecule has 2 atom stereocenters. The summed E-state index contributed by atoms with van der Waals surface area (Å²) in [6.07, 6.45) is -0.0213. The number of benzene rings is 1. The monoisotopic (exact) mass is 313 g/mol. The zero-order valence-corrected chi connectivity index (χ0v) is 12.8. The van der Waals surface area contributed by atoms with Crippen LogP contribution in [0, 0.1) is 5.92 Å². The summed E-state index contributed by atoms with van der Waals surface area (Å²) in [4.78, 5) is 23.4. The number of amides is 1. The van der Waals surface area contributed by atoms with Gasteiger partial charge in [0.2, 0.25) is 5.91 Å². The van der Waals surface area contributed by atoms with Gasteiger partial charge in [0, 0.05) is 18.1 Å². The molecule has 0 radical (unpaired) electrons. The van der Waals surface area contributed by atoms with E-state index in [4.69, 9.17) is 21.8 Å². The van der Waals surface area contributed by atoms with Crippen LogP contribution >= 0.6 is 11.6 Å². The van der Waals surface area contributed by atoms with E-state index in [1.54, 1.807) is 24.3 Å². The Kier molecular flexibility index (Phi) is 6.65. The SMILES string of the molecule is CC(C)C(C(=O)N[C@H](CCO)C(=O)O)c1ccc(Cl)cc1. The van der Waals surface area contributed by atoms with Crippen LogP contribution in [-0.4, -0.2) is 34.7 Å². The van der Waals surface area contributed by atoms with Gasteiger partial charge in [-0.1, -0.05) is 37.6 Å². The summed E-state index contributed by atoms with van der Waals surface area (Å²) in [6, 6.07) is 5.82. The molecule has 1 unspecified atom stereocenters. The van der Waals surface area contributed by atoms with E-state index >= 15 is 0 Å². The van der Waals surface area contributed by atoms with Crippen molar-refractivity contribution >= 4 is 23.5 Å². The largest absolute Gasteiger partial charge is 0.480 e. The van der Waals surface area contributed by atoms with E-state index in [-0.39, 0.29) is 24.9 Å². The van der Waals surface area contributed by atoms with Crippen LogP contribution in [0.3, 0.4) is 0 Å². The summed E-state index contributed by atoms with van der Waals surface area (Å²) in [5.74, 6) is -2.00. The number of aliphatic carboxylic acids is 1. The number of hydrogen-bond donors (Lipinski definition) is 3. The van der Waals surface area contributed by atoms with E-state index in [0.717, 1.165) is 5.56 Å². The average molecular weight is 314 g/mol. The lowest BCUT2D eigenvalue weighted by Gasteiger charge is -2.23. The summed E-state index contributed by atoms with van der Waals surface area (Å²) >= 11 is 5.84. The predicted molar refractivity (Wildman–Crippen MR) is 80.3 cm³/mol. The van der Waals surface area contributed by atoms with E-state index in [1.807, 2.05) is 13.8 Å². The molecule has 6 heteroatoms. The highest BCUT2D eigenvalue weighted by Crippen LogP contribution is 2.26. The number of halogens is 1. The van der Waals surface area contributed by atoms with Crippen LogP contribution in [0.25, 0.3) is 0 Å². The lowest BCUT2D eigenvalue weighted by Crippen LogP contribution is -2.44. The van der Waals surface area contributed by atoms with Crippen molar-refractivity contribution in [3.8, 4) is 0 Å². The normalized spacial score (nSPS) is 13.8. The number of aliphatic hydroxyl groups excluding tert-OH is 1. The first-order valence-corrected chi connectivity index (χ1v) is 7.14. The molecule has 0 fully saturated rings. The van der Waals surface area contributed by atoms with Crippen LogP contribution in [0.15, 0.2) is 24.3 Å². The number of carbonyl (C=O) groups is 2. The number of hydrogen-bond acceptors (Lipinski definition) is 3. The van der Waals surface area contributed by atoms with Crippen molar-refractivity contribution in [3.63, 3.8) is 0 Å². The van der Waals surface area contributed by atoms with Crippen molar-refractivity contribution in [2.45, 2.75) is 32.2 Å². The Morgan fingerprint density at radius 2 is 1.81 bits per heavy atom. The molecule has 0 heterocycles. The maximum Gasteiger partial charge on any atom is 0.326 e. The minimum Gasteiger partial charge on any atom is -0.480 e. The summed E-state index contributed by atoms with van der Waals surface area (Å²) in [6.45, 7) is 3.48. The molecular weight excluding hydrogens is 294 g/mol. The molecule has 1 aromatic rings. The van der Waals surface area contributed by atoms with Crippen LogP contribution in [0.4, 0.5) is 0 Å². The zero-order chi connectivity index (χ0) is 16.0. The average Bonchev–Trinajstić information content (AvgIpc) is 2.40. The van der Waals surface area contributed by atoms with Crippen molar-refractivity contribution in [1.29, 1.82) is 0 Å². The van der Waals surface area contributed by atoms with Crippen LogP contribution < -0.4 is 5.32 Å². The van der Waals surface area contributed by atoms with E-state index in [2.05, 4.69) is 5.32 Å². The smallest absolute Gasteiger partial charge is 0.326 e. The third-order valence-corrected chi connectivity index (χ3v) is 3.46. The maximum atomic E-state index is 12.4. The molecule has 0 spiro atoms. The molecule has 21 heavy (non-hydrogen) atoms. The Hall–Kier alpha value is -1.59. The van der Waals surface area contributed by atoms with E-state index in [9.17, 15) is 9.59 Å². The van der Waals surface area contributed by atoms with E-state index < -0.39 is 17.9 Å². The molecule has 116 valence electrons. The minimum atomic E-state index is -1.16. The highest BCUT2D eigenvalue weighted by atomic mass is 35.5. The topological polar surface area (TPSA) is 86.6 Å². The van der Waals surface area contributed by atoms with Gasteiger partial charge in [-0.05, 0) is 23.6 Å². The Morgan fingerprint density at radius 3 is 2.24 bits per heavy atom. The van der Waals surface area contributed by atoms with Gasteiger partial charge in [-0.15, -0.1) is 0 Å². The van der Waals surface area contributed by atoms with E-state index in [1.165, 1.54) is 0 Å². The molecule has 0 aromatic heterocycles. The quantitative estimate of drug-likeness (QED) is 0.719. The molecule has 0 saturated carbocycles. The number of carboxylic acids is 1. The number of nitrogens with one attached hydrogen (secondary N) is 1. The number of aliphatic hydroxyl groups is 1. The molecule has 1 amide bonds. The fourth-order valence-electron chi connectivity index (χ4n) is 2.16. The molecular formula is C15H20ClNO4. The predicted octanol–water partition coefficient (Wildman–Crippen LogP) is 2.03. The first-order valence-electron chi connectivity index (χ1n) is 6.76. The van der Waals surface area contributed by atoms with Crippen LogP contribution in [0.2, 0.25) is 5.02 Å². The first kappa shape index (κ1) is 17.5. The molecule has 5 nitrogen and oxygen atoms in total. The molecule has 0 saturated heterocycles. The van der Waals surface area contributed by atoms with Gasteiger partial charge in [0.05, 0.1) is 5.92 Å². The third-order valence-electron chi connectivity index (χ3n) is 3.21. The molecule has 0 bridgehead atoms. The van der Waals surface area contributed by atoms with Crippen LogP contribution in [0.1, 0.15) is 31.7 Å². The van der Waals surface area contributed by atoms with Gasteiger partial charge in [0.25, 0.3) is 0 Å². The molecule has 3 N–H and O–H groups in total. The Balaban J connectivity index is 2.92. The van der Waals surface area contributed by atoms with Crippen molar-refractivity contribution in [2.75, 3.05) is 6.61 Å².